The van der Waals surface area contributed by atoms with Crippen LogP contribution in [0.15, 0.2) is 24.3 Å². The Bertz CT molecular complexity index is 443. The largest absolute Gasteiger partial charge is 0.351 e. The SMILES string of the molecule is O=C(NCc1ccccc1[N+](=O)[O-])C1CNC1. The molecule has 6 heteroatoms. The van der Waals surface area contributed by atoms with Gasteiger partial charge in [0, 0.05) is 31.3 Å². The molecule has 0 spiro atoms. The molecule has 0 aliphatic carbocycles. The maximum absolute atomic E-state index is 11.6. The lowest BCUT2D eigenvalue weighted by atomic mass is 10.0. The van der Waals surface area contributed by atoms with Crippen LogP contribution in [-0.4, -0.2) is 23.9 Å². The predicted molar refractivity (Wildman–Crippen MR) is 61.3 cm³/mol. The van der Waals surface area contributed by atoms with E-state index in [2.05, 4.69) is 10.6 Å². The van der Waals surface area contributed by atoms with Crippen molar-refractivity contribution in [3.8, 4) is 0 Å². The zero-order chi connectivity index (χ0) is 12.3. The van der Waals surface area contributed by atoms with E-state index in [9.17, 15) is 14.9 Å². The summed E-state index contributed by atoms with van der Waals surface area (Å²) in [7, 11) is 0. The minimum atomic E-state index is -0.438. The normalized spacial score (nSPS) is 15.1. The van der Waals surface area contributed by atoms with E-state index in [0.717, 1.165) is 0 Å². The third kappa shape index (κ3) is 2.59. The first kappa shape index (κ1) is 11.5. The van der Waals surface area contributed by atoms with E-state index in [1.54, 1.807) is 18.2 Å². The van der Waals surface area contributed by atoms with Gasteiger partial charge in [0.25, 0.3) is 5.69 Å². The van der Waals surface area contributed by atoms with Crippen LogP contribution in [0.25, 0.3) is 0 Å². The number of amides is 1. The van der Waals surface area contributed by atoms with E-state index in [1.807, 2.05) is 0 Å². The summed E-state index contributed by atoms with van der Waals surface area (Å²) < 4.78 is 0. The van der Waals surface area contributed by atoms with Gasteiger partial charge in [0.1, 0.15) is 0 Å². The smallest absolute Gasteiger partial charge is 0.274 e. The lowest BCUT2D eigenvalue weighted by Crippen LogP contribution is -2.50. The molecule has 1 amide bonds. The summed E-state index contributed by atoms with van der Waals surface area (Å²) in [5.41, 5.74) is 0.567. The Morgan fingerprint density at radius 3 is 2.76 bits per heavy atom. The lowest BCUT2D eigenvalue weighted by Gasteiger charge is -2.25. The Hall–Kier alpha value is -1.95. The first-order valence-electron chi connectivity index (χ1n) is 5.39. The first-order valence-corrected chi connectivity index (χ1v) is 5.39. The minimum absolute atomic E-state index is 0.00207. The molecular weight excluding hydrogens is 222 g/mol. The maximum Gasteiger partial charge on any atom is 0.274 e. The van der Waals surface area contributed by atoms with Crippen LogP contribution in [0.4, 0.5) is 5.69 Å². The van der Waals surface area contributed by atoms with E-state index in [4.69, 9.17) is 0 Å². The molecule has 2 N–H and O–H groups in total. The molecule has 17 heavy (non-hydrogen) atoms. The zero-order valence-corrected chi connectivity index (χ0v) is 9.18. The number of carbonyl (C=O) groups excluding carboxylic acids is 1. The fourth-order valence-corrected chi connectivity index (χ4v) is 1.64. The van der Waals surface area contributed by atoms with Crippen molar-refractivity contribution in [2.45, 2.75) is 6.54 Å². The van der Waals surface area contributed by atoms with Crippen LogP contribution < -0.4 is 10.6 Å². The number of nitrogens with zero attached hydrogens (tertiary/aromatic N) is 1. The third-order valence-electron chi connectivity index (χ3n) is 2.79. The lowest BCUT2D eigenvalue weighted by molar-refractivity contribution is -0.385. The molecule has 6 nitrogen and oxygen atoms in total. The Morgan fingerprint density at radius 2 is 2.18 bits per heavy atom. The molecule has 0 radical (unpaired) electrons. The number of hydrogen-bond donors (Lipinski definition) is 2. The Kier molecular flexibility index (Phi) is 3.34. The van der Waals surface area contributed by atoms with Crippen molar-refractivity contribution >= 4 is 11.6 Å². The number of nitrogens with one attached hydrogen (secondary N) is 2. The van der Waals surface area contributed by atoms with Crippen LogP contribution in [0.1, 0.15) is 5.56 Å². The molecule has 1 aliphatic heterocycles. The molecule has 1 heterocycles. The van der Waals surface area contributed by atoms with Crippen molar-refractivity contribution in [1.82, 2.24) is 10.6 Å². The van der Waals surface area contributed by atoms with E-state index < -0.39 is 4.92 Å². The molecule has 0 unspecified atom stereocenters. The summed E-state index contributed by atoms with van der Waals surface area (Å²) in [5.74, 6) is -0.0559. The number of hydrogen-bond acceptors (Lipinski definition) is 4. The highest BCUT2D eigenvalue weighted by Gasteiger charge is 2.24. The van der Waals surface area contributed by atoms with Crippen molar-refractivity contribution in [1.29, 1.82) is 0 Å². The maximum atomic E-state index is 11.6. The number of para-hydroxylation sites is 1. The molecule has 2 rings (SSSR count). The van der Waals surface area contributed by atoms with E-state index in [-0.39, 0.29) is 24.1 Å². The highest BCUT2D eigenvalue weighted by atomic mass is 16.6. The summed E-state index contributed by atoms with van der Waals surface area (Å²) in [6.07, 6.45) is 0. The first-order chi connectivity index (χ1) is 8.18. The fourth-order valence-electron chi connectivity index (χ4n) is 1.64. The molecule has 1 saturated heterocycles. The number of benzene rings is 1. The van der Waals surface area contributed by atoms with Gasteiger partial charge in [-0.2, -0.15) is 0 Å². The molecule has 0 aromatic heterocycles. The van der Waals surface area contributed by atoms with Crippen LogP contribution in [0, 0.1) is 16.0 Å². The van der Waals surface area contributed by atoms with Crippen molar-refractivity contribution in [2.75, 3.05) is 13.1 Å². The summed E-state index contributed by atoms with van der Waals surface area (Å²) in [6, 6.07) is 6.42. The topological polar surface area (TPSA) is 84.3 Å². The molecule has 0 atom stereocenters. The second kappa shape index (κ2) is 4.92. The van der Waals surface area contributed by atoms with Gasteiger partial charge in [0.05, 0.1) is 10.8 Å². The van der Waals surface area contributed by atoms with Gasteiger partial charge in [0.2, 0.25) is 5.91 Å². The summed E-state index contributed by atoms with van der Waals surface area (Å²) in [6.45, 7) is 1.57. The third-order valence-corrected chi connectivity index (χ3v) is 2.79. The molecule has 0 saturated carbocycles. The van der Waals surface area contributed by atoms with Crippen molar-refractivity contribution in [2.24, 2.45) is 5.92 Å². The van der Waals surface area contributed by atoms with Gasteiger partial charge in [0.15, 0.2) is 0 Å². The Balaban J connectivity index is 1.98. The number of rotatable bonds is 4. The van der Waals surface area contributed by atoms with Crippen LogP contribution in [0.2, 0.25) is 0 Å². The molecule has 1 aromatic rings. The Labute approximate surface area is 98.2 Å². The van der Waals surface area contributed by atoms with E-state index in [1.165, 1.54) is 6.07 Å². The summed E-state index contributed by atoms with van der Waals surface area (Å²) in [5, 5.41) is 16.5. The van der Waals surface area contributed by atoms with Gasteiger partial charge < -0.3 is 10.6 Å². The predicted octanol–water partition coefficient (Wildman–Crippen LogP) is 0.430. The number of carbonyl (C=O) groups is 1. The van der Waals surface area contributed by atoms with E-state index in [0.29, 0.717) is 18.7 Å². The van der Waals surface area contributed by atoms with Crippen LogP contribution >= 0.6 is 0 Å². The molecule has 0 bridgehead atoms. The van der Waals surface area contributed by atoms with Crippen LogP contribution in [0.3, 0.4) is 0 Å². The van der Waals surface area contributed by atoms with Gasteiger partial charge in [-0.15, -0.1) is 0 Å². The zero-order valence-electron chi connectivity index (χ0n) is 9.18. The number of nitro benzene ring substituents is 1. The van der Waals surface area contributed by atoms with Crippen LogP contribution in [-0.2, 0) is 11.3 Å². The van der Waals surface area contributed by atoms with Gasteiger partial charge in [-0.3, -0.25) is 14.9 Å². The Morgan fingerprint density at radius 1 is 1.47 bits per heavy atom. The molecule has 1 aliphatic rings. The van der Waals surface area contributed by atoms with Gasteiger partial charge in [-0.05, 0) is 0 Å². The average Bonchev–Trinajstić information content (AvgIpc) is 2.24. The van der Waals surface area contributed by atoms with Gasteiger partial charge in [-0.25, -0.2) is 0 Å². The quantitative estimate of drug-likeness (QED) is 0.585. The molecule has 90 valence electrons. The minimum Gasteiger partial charge on any atom is -0.351 e. The highest BCUT2D eigenvalue weighted by molar-refractivity contribution is 5.80. The second-order valence-electron chi connectivity index (χ2n) is 3.96. The molecular formula is C11H13N3O3. The van der Waals surface area contributed by atoms with Crippen molar-refractivity contribution < 1.29 is 9.72 Å². The molecule has 1 fully saturated rings. The van der Waals surface area contributed by atoms with Gasteiger partial charge >= 0.3 is 0 Å². The summed E-state index contributed by atoms with van der Waals surface area (Å²) >= 11 is 0. The van der Waals surface area contributed by atoms with Crippen molar-refractivity contribution in [3.63, 3.8) is 0 Å². The van der Waals surface area contributed by atoms with Crippen LogP contribution in [0.5, 0.6) is 0 Å². The average molecular weight is 235 g/mol. The van der Waals surface area contributed by atoms with Gasteiger partial charge in [-0.1, -0.05) is 18.2 Å². The number of nitro groups is 1. The highest BCUT2D eigenvalue weighted by Crippen LogP contribution is 2.17. The van der Waals surface area contributed by atoms with E-state index >= 15 is 0 Å². The second-order valence-corrected chi connectivity index (χ2v) is 3.96. The monoisotopic (exact) mass is 235 g/mol. The fraction of sp³-hybridized carbons (Fsp3) is 0.364. The standard InChI is InChI=1S/C11H13N3O3/c15-11(9-5-12-6-9)13-7-8-3-1-2-4-10(8)14(16)17/h1-4,9,12H,5-7H2,(H,13,15). The summed E-state index contributed by atoms with van der Waals surface area (Å²) in [4.78, 5) is 21.9. The van der Waals surface area contributed by atoms with Crippen molar-refractivity contribution in [3.05, 3.63) is 39.9 Å². The molecule has 1 aromatic carbocycles.